The van der Waals surface area contributed by atoms with E-state index in [1.807, 2.05) is 38.8 Å². The molecule has 0 saturated heterocycles. The maximum Gasteiger partial charge on any atom is 0.255 e. The summed E-state index contributed by atoms with van der Waals surface area (Å²) in [6.45, 7) is 6.76. The van der Waals surface area contributed by atoms with Gasteiger partial charge < -0.3 is 20.4 Å². The Kier molecular flexibility index (Phi) is 11.8. The first-order valence-corrected chi connectivity index (χ1v) is 13.7. The molecule has 8 heteroatoms. The van der Waals surface area contributed by atoms with Gasteiger partial charge >= 0.3 is 0 Å². The Labute approximate surface area is 244 Å². The van der Waals surface area contributed by atoms with Gasteiger partial charge in [0.25, 0.3) is 5.91 Å². The number of hydrogen-bond donors (Lipinski definition) is 3. The second-order valence-corrected chi connectivity index (χ2v) is 9.30. The third-order valence-corrected chi connectivity index (χ3v) is 6.62. The number of carbonyl (C=O) groups is 2. The van der Waals surface area contributed by atoms with Gasteiger partial charge in [-0.2, -0.15) is 0 Å². The van der Waals surface area contributed by atoms with Crippen LogP contribution >= 0.6 is 23.2 Å². The average molecular weight is 576 g/mol. The maximum absolute atomic E-state index is 12.6. The van der Waals surface area contributed by atoms with Crippen molar-refractivity contribution in [3.8, 4) is 11.4 Å². The quantitative estimate of drug-likeness (QED) is 0.201. The van der Waals surface area contributed by atoms with E-state index in [0.29, 0.717) is 21.3 Å². The van der Waals surface area contributed by atoms with Crippen molar-refractivity contribution in [1.82, 2.24) is 15.3 Å². The summed E-state index contributed by atoms with van der Waals surface area (Å²) in [5.41, 5.74) is 6.13. The highest BCUT2D eigenvalue weighted by Crippen LogP contribution is 2.25. The fourth-order valence-corrected chi connectivity index (χ4v) is 4.21. The summed E-state index contributed by atoms with van der Waals surface area (Å²) < 4.78 is 0. The normalized spacial score (nSPS) is 15.1. The lowest BCUT2D eigenvalue weighted by molar-refractivity contribution is -0.0980. The van der Waals surface area contributed by atoms with Crippen LogP contribution in [-0.2, 0) is 11.3 Å². The Bertz CT molecular complexity index is 1520. The van der Waals surface area contributed by atoms with E-state index in [1.54, 1.807) is 18.2 Å². The van der Waals surface area contributed by atoms with Crippen LogP contribution in [0.1, 0.15) is 42.6 Å². The lowest BCUT2D eigenvalue weighted by Gasteiger charge is -2.10. The van der Waals surface area contributed by atoms with Gasteiger partial charge in [-0.05, 0) is 54.5 Å². The molecule has 5 rings (SSSR count). The van der Waals surface area contributed by atoms with Crippen LogP contribution in [0.15, 0.2) is 96.7 Å². The lowest BCUT2D eigenvalue weighted by Crippen LogP contribution is -2.12. The lowest BCUT2D eigenvalue weighted by atomic mass is 10.1. The number of halogens is 2. The summed E-state index contributed by atoms with van der Waals surface area (Å²) in [6.07, 6.45) is 12.6. The van der Waals surface area contributed by atoms with Gasteiger partial charge in [0.1, 0.15) is 12.6 Å². The first-order chi connectivity index (χ1) is 19.5. The van der Waals surface area contributed by atoms with Crippen LogP contribution in [0.3, 0.4) is 0 Å². The third kappa shape index (κ3) is 8.18. The van der Waals surface area contributed by atoms with Crippen molar-refractivity contribution >= 4 is 52.6 Å². The molecular formula is C32H32Cl2N4O2. The fraction of sp³-hybridized carbons (Fsp3) is 0.156. The molecule has 0 spiro atoms. The number of hydrogen-bond acceptors (Lipinski definition) is 4. The van der Waals surface area contributed by atoms with Gasteiger partial charge in [0, 0.05) is 35.5 Å². The van der Waals surface area contributed by atoms with E-state index < -0.39 is 0 Å². The number of aromatic nitrogens is 2. The Morgan fingerprint density at radius 3 is 2.48 bits per heavy atom. The van der Waals surface area contributed by atoms with Crippen LogP contribution in [0.25, 0.3) is 22.4 Å². The molecule has 40 heavy (non-hydrogen) atoms. The summed E-state index contributed by atoms with van der Waals surface area (Å²) in [6, 6.07) is 18.7. The number of imidazole rings is 1. The minimum atomic E-state index is -0.265. The predicted molar refractivity (Wildman–Crippen MR) is 167 cm³/mol. The summed E-state index contributed by atoms with van der Waals surface area (Å²) in [7, 11) is 0. The van der Waals surface area contributed by atoms with Crippen molar-refractivity contribution in [3.63, 3.8) is 0 Å². The smallest absolute Gasteiger partial charge is 0.255 e. The number of allylic oxidation sites excluding steroid dienone is 5. The van der Waals surface area contributed by atoms with E-state index in [4.69, 9.17) is 33.0 Å². The second kappa shape index (κ2) is 15.5. The number of amides is 1. The average Bonchev–Trinajstić information content (AvgIpc) is 3.40. The molecule has 3 aromatic carbocycles. The molecule has 206 valence electrons. The van der Waals surface area contributed by atoms with Gasteiger partial charge in [-0.15, -0.1) is 0 Å². The van der Waals surface area contributed by atoms with Crippen LogP contribution < -0.4 is 10.6 Å². The number of H-pyrrole nitrogens is 1. The van der Waals surface area contributed by atoms with Crippen LogP contribution in [0, 0.1) is 0 Å². The van der Waals surface area contributed by atoms with E-state index in [1.165, 1.54) is 11.3 Å². The molecule has 1 aromatic heterocycles. The molecule has 0 bridgehead atoms. The Morgan fingerprint density at radius 1 is 0.950 bits per heavy atom. The van der Waals surface area contributed by atoms with Crippen molar-refractivity contribution in [2.24, 2.45) is 0 Å². The van der Waals surface area contributed by atoms with Crippen LogP contribution in [0.5, 0.6) is 0 Å². The first kappa shape index (κ1) is 30.4. The Morgan fingerprint density at radius 2 is 1.73 bits per heavy atom. The van der Waals surface area contributed by atoms with E-state index >= 15 is 0 Å². The third-order valence-electron chi connectivity index (χ3n) is 5.88. The van der Waals surface area contributed by atoms with Crippen LogP contribution in [0.2, 0.25) is 10.0 Å². The highest BCUT2D eigenvalue weighted by Gasteiger charge is 2.11. The Balaban J connectivity index is 0.00000106. The molecule has 4 aromatic rings. The molecule has 0 unspecified atom stereocenters. The van der Waals surface area contributed by atoms with E-state index in [9.17, 15) is 4.79 Å². The number of carbonyl (C=O) groups excluding carboxylic acids is 2. The van der Waals surface area contributed by atoms with E-state index in [2.05, 4.69) is 70.3 Å². The van der Waals surface area contributed by atoms with E-state index in [-0.39, 0.29) is 5.91 Å². The second-order valence-electron chi connectivity index (χ2n) is 8.48. The first-order valence-electron chi connectivity index (χ1n) is 12.9. The van der Waals surface area contributed by atoms with Crippen molar-refractivity contribution in [2.45, 2.75) is 33.2 Å². The zero-order chi connectivity index (χ0) is 28.9. The zero-order valence-corrected chi connectivity index (χ0v) is 24.0. The number of rotatable bonds is 6. The largest absolute Gasteiger partial charge is 0.384 e. The molecule has 0 saturated carbocycles. The number of nitrogens with zero attached hydrogens (tertiary/aromatic N) is 1. The molecule has 6 nitrogen and oxygen atoms in total. The van der Waals surface area contributed by atoms with Gasteiger partial charge in [-0.1, -0.05) is 85.6 Å². The molecular weight excluding hydrogens is 543 g/mol. The number of aromatic amines is 1. The standard InChI is InChI=1S/C29H24Cl2N4O.C2H6.CH2O/c30-24-14-12-21(16-25(24)31)29(36)33-23-13-15-26-27(17-23)35-28(34-26)20-10-8-19(9-11-20)18-32-22-6-4-2-1-3-5-7-22;2*1-2/h2-6,8-17,32H,1,7,18H2,(H,33,36)(H,34,35);1-2H3;1H2/b4-2-,5-3-,22-6+;;. The van der Waals surface area contributed by atoms with Gasteiger partial charge in [-0.25, -0.2) is 4.98 Å². The fourth-order valence-electron chi connectivity index (χ4n) is 3.91. The molecule has 0 fully saturated rings. The summed E-state index contributed by atoms with van der Waals surface area (Å²) >= 11 is 12.0. The predicted octanol–water partition coefficient (Wildman–Crippen LogP) is 8.51. The van der Waals surface area contributed by atoms with Crippen molar-refractivity contribution < 1.29 is 9.59 Å². The highest BCUT2D eigenvalue weighted by atomic mass is 35.5. The number of anilines is 1. The molecule has 3 N–H and O–H groups in total. The molecule has 1 heterocycles. The minimum absolute atomic E-state index is 0.265. The van der Waals surface area contributed by atoms with Crippen LogP contribution in [0.4, 0.5) is 5.69 Å². The summed E-state index contributed by atoms with van der Waals surface area (Å²) in [5.74, 6) is 0.509. The van der Waals surface area contributed by atoms with E-state index in [0.717, 1.165) is 41.8 Å². The molecule has 0 aliphatic heterocycles. The highest BCUT2D eigenvalue weighted by molar-refractivity contribution is 6.42. The SMILES string of the molecule is C=O.CC.O=C(Nc1ccc2nc(-c3ccc(CN/C4=C/C=C\C/C=C\C4)cc3)[nH]c2c1)c1ccc(Cl)c(Cl)c1. The van der Waals surface area contributed by atoms with Crippen molar-refractivity contribution in [1.29, 1.82) is 0 Å². The van der Waals surface area contributed by atoms with Crippen molar-refractivity contribution in [3.05, 3.63) is 118 Å². The molecule has 0 radical (unpaired) electrons. The molecule has 1 aliphatic carbocycles. The van der Waals surface area contributed by atoms with Gasteiger partial charge in [0.05, 0.1) is 21.1 Å². The maximum atomic E-state index is 12.6. The minimum Gasteiger partial charge on any atom is -0.384 e. The summed E-state index contributed by atoms with van der Waals surface area (Å²) in [5, 5.41) is 7.15. The Hall–Kier alpha value is -4.13. The molecule has 1 aliphatic rings. The number of fused-ring (bicyclic) bond motifs is 1. The van der Waals surface area contributed by atoms with Gasteiger partial charge in [0.2, 0.25) is 0 Å². The number of nitrogens with one attached hydrogen (secondary N) is 3. The topological polar surface area (TPSA) is 86.9 Å². The van der Waals surface area contributed by atoms with Gasteiger partial charge in [0.15, 0.2) is 0 Å². The number of benzene rings is 3. The van der Waals surface area contributed by atoms with Crippen molar-refractivity contribution in [2.75, 3.05) is 5.32 Å². The molecule has 0 atom stereocenters. The van der Waals surface area contributed by atoms with Crippen LogP contribution in [-0.4, -0.2) is 22.7 Å². The summed E-state index contributed by atoms with van der Waals surface area (Å²) in [4.78, 5) is 28.7. The monoisotopic (exact) mass is 574 g/mol. The van der Waals surface area contributed by atoms with Gasteiger partial charge in [-0.3, -0.25) is 4.79 Å². The zero-order valence-electron chi connectivity index (χ0n) is 22.5. The molecule has 1 amide bonds.